The molecule has 2 N–H and O–H groups in total. The highest BCUT2D eigenvalue weighted by molar-refractivity contribution is 5.35. The minimum absolute atomic E-state index is 0.150. The molecule has 1 rings (SSSR count). The zero-order valence-electron chi connectivity index (χ0n) is 8.02. The van der Waals surface area contributed by atoms with Crippen LogP contribution in [0.4, 0.5) is 13.2 Å². The normalized spacial score (nSPS) is 14.1. The second-order valence-corrected chi connectivity index (χ2v) is 3.31. The van der Waals surface area contributed by atoms with Gasteiger partial charge in [-0.25, -0.2) is 0 Å². The van der Waals surface area contributed by atoms with Gasteiger partial charge in [-0.3, -0.25) is 0 Å². The van der Waals surface area contributed by atoms with Crippen LogP contribution in [-0.4, -0.2) is 6.18 Å². The Morgan fingerprint density at radius 1 is 1.21 bits per heavy atom. The van der Waals surface area contributed by atoms with E-state index in [2.05, 4.69) is 0 Å². The van der Waals surface area contributed by atoms with Crippen LogP contribution in [0.5, 0.6) is 0 Å². The van der Waals surface area contributed by atoms with E-state index in [1.54, 1.807) is 26.0 Å². The first kappa shape index (κ1) is 11.0. The molecule has 0 aliphatic heterocycles. The zero-order valence-corrected chi connectivity index (χ0v) is 8.02. The minimum atomic E-state index is -4.38. The third-order valence-corrected chi connectivity index (χ3v) is 2.33. The summed E-state index contributed by atoms with van der Waals surface area (Å²) in [5.74, 6) is 0. The first-order chi connectivity index (χ1) is 6.34. The summed E-state index contributed by atoms with van der Waals surface area (Å²) in [6, 6.07) is 2.88. The van der Waals surface area contributed by atoms with Crippen molar-refractivity contribution in [3.8, 4) is 0 Å². The van der Waals surface area contributed by atoms with E-state index in [1.165, 1.54) is 6.07 Å². The number of benzene rings is 1. The molecule has 1 nitrogen and oxygen atoms in total. The van der Waals surface area contributed by atoms with E-state index >= 15 is 0 Å². The van der Waals surface area contributed by atoms with Gasteiger partial charge in [0.2, 0.25) is 0 Å². The Bertz CT molecular complexity index is 331. The standard InChI is InChI=1S/C10H12F3N/c1-6-4-3-5-8(7(6)2)9(14)10(11,12)13/h3-5,9H,14H2,1-2H3. The molecule has 0 amide bonds. The van der Waals surface area contributed by atoms with E-state index in [0.29, 0.717) is 5.56 Å². The molecule has 14 heavy (non-hydrogen) atoms. The van der Waals surface area contributed by atoms with Gasteiger partial charge in [0.1, 0.15) is 6.04 Å². The van der Waals surface area contributed by atoms with Crippen molar-refractivity contribution >= 4 is 0 Å². The highest BCUT2D eigenvalue weighted by Gasteiger charge is 2.38. The molecular formula is C10H12F3N. The van der Waals surface area contributed by atoms with Crippen LogP contribution in [0, 0.1) is 13.8 Å². The van der Waals surface area contributed by atoms with E-state index < -0.39 is 12.2 Å². The zero-order chi connectivity index (χ0) is 10.9. The molecule has 0 spiro atoms. The van der Waals surface area contributed by atoms with Gasteiger partial charge < -0.3 is 5.73 Å². The van der Waals surface area contributed by atoms with Crippen molar-refractivity contribution < 1.29 is 13.2 Å². The molecule has 4 heteroatoms. The Balaban J connectivity index is 3.14. The van der Waals surface area contributed by atoms with E-state index in [4.69, 9.17) is 5.73 Å². The molecule has 1 aromatic carbocycles. The quantitative estimate of drug-likeness (QED) is 0.746. The molecule has 0 aliphatic rings. The lowest BCUT2D eigenvalue weighted by molar-refractivity contribution is -0.149. The maximum atomic E-state index is 12.3. The van der Waals surface area contributed by atoms with Crippen molar-refractivity contribution in [2.75, 3.05) is 0 Å². The average Bonchev–Trinajstić information content (AvgIpc) is 2.07. The molecule has 0 aliphatic carbocycles. The minimum Gasteiger partial charge on any atom is -0.316 e. The van der Waals surface area contributed by atoms with Crippen molar-refractivity contribution in [1.82, 2.24) is 0 Å². The van der Waals surface area contributed by atoms with Crippen LogP contribution in [0.15, 0.2) is 18.2 Å². The van der Waals surface area contributed by atoms with Crippen LogP contribution in [0.3, 0.4) is 0 Å². The summed E-state index contributed by atoms with van der Waals surface area (Å²) in [7, 11) is 0. The second kappa shape index (κ2) is 3.61. The summed E-state index contributed by atoms with van der Waals surface area (Å²) in [5.41, 5.74) is 6.70. The molecule has 0 saturated carbocycles. The Morgan fingerprint density at radius 2 is 1.79 bits per heavy atom. The van der Waals surface area contributed by atoms with Gasteiger partial charge in [0.05, 0.1) is 0 Å². The van der Waals surface area contributed by atoms with Crippen LogP contribution in [0.2, 0.25) is 0 Å². The fraction of sp³-hybridized carbons (Fsp3) is 0.400. The molecule has 1 aromatic rings. The number of rotatable bonds is 1. The number of aryl methyl sites for hydroxylation is 1. The van der Waals surface area contributed by atoms with Crippen molar-refractivity contribution in [2.45, 2.75) is 26.1 Å². The van der Waals surface area contributed by atoms with Gasteiger partial charge in [0.15, 0.2) is 0 Å². The van der Waals surface area contributed by atoms with Gasteiger partial charge >= 0.3 is 6.18 Å². The van der Waals surface area contributed by atoms with Crippen LogP contribution in [0.25, 0.3) is 0 Å². The van der Waals surface area contributed by atoms with Gasteiger partial charge in [-0.15, -0.1) is 0 Å². The predicted molar refractivity (Wildman–Crippen MR) is 48.9 cm³/mol. The fourth-order valence-electron chi connectivity index (χ4n) is 1.29. The van der Waals surface area contributed by atoms with E-state index in [0.717, 1.165) is 5.56 Å². The molecule has 78 valence electrons. The topological polar surface area (TPSA) is 26.0 Å². The summed E-state index contributed by atoms with van der Waals surface area (Å²) in [5, 5.41) is 0. The second-order valence-electron chi connectivity index (χ2n) is 3.31. The van der Waals surface area contributed by atoms with Crippen molar-refractivity contribution in [3.63, 3.8) is 0 Å². The van der Waals surface area contributed by atoms with Gasteiger partial charge in [-0.1, -0.05) is 18.2 Å². The van der Waals surface area contributed by atoms with E-state index in [1.807, 2.05) is 0 Å². The van der Waals surface area contributed by atoms with Gasteiger partial charge in [-0.05, 0) is 30.5 Å². The summed E-state index contributed by atoms with van der Waals surface area (Å²) in [6.45, 7) is 3.41. The SMILES string of the molecule is Cc1cccc(C(N)C(F)(F)F)c1C. The Morgan fingerprint density at radius 3 is 2.29 bits per heavy atom. The van der Waals surface area contributed by atoms with E-state index in [-0.39, 0.29) is 5.56 Å². The number of nitrogens with two attached hydrogens (primary N) is 1. The van der Waals surface area contributed by atoms with Crippen LogP contribution in [0.1, 0.15) is 22.7 Å². The van der Waals surface area contributed by atoms with Gasteiger partial charge in [0, 0.05) is 0 Å². The van der Waals surface area contributed by atoms with E-state index in [9.17, 15) is 13.2 Å². The Hall–Kier alpha value is -1.03. The molecule has 0 heterocycles. The predicted octanol–water partition coefficient (Wildman–Crippen LogP) is 2.87. The Labute approximate surface area is 80.7 Å². The number of hydrogen-bond acceptors (Lipinski definition) is 1. The monoisotopic (exact) mass is 203 g/mol. The Kier molecular flexibility index (Phi) is 2.85. The van der Waals surface area contributed by atoms with Gasteiger partial charge in [0.25, 0.3) is 0 Å². The van der Waals surface area contributed by atoms with Crippen molar-refractivity contribution in [2.24, 2.45) is 5.73 Å². The molecule has 1 unspecified atom stereocenters. The highest BCUT2D eigenvalue weighted by Crippen LogP contribution is 2.32. The summed E-state index contributed by atoms with van der Waals surface area (Å²) >= 11 is 0. The van der Waals surface area contributed by atoms with Gasteiger partial charge in [-0.2, -0.15) is 13.2 Å². The summed E-state index contributed by atoms with van der Waals surface area (Å²) in [4.78, 5) is 0. The lowest BCUT2D eigenvalue weighted by Gasteiger charge is -2.18. The fourth-order valence-corrected chi connectivity index (χ4v) is 1.29. The molecule has 1 atom stereocenters. The highest BCUT2D eigenvalue weighted by atomic mass is 19.4. The maximum Gasteiger partial charge on any atom is 0.407 e. The van der Waals surface area contributed by atoms with Crippen molar-refractivity contribution in [1.29, 1.82) is 0 Å². The molecule has 0 fully saturated rings. The number of alkyl halides is 3. The lowest BCUT2D eigenvalue weighted by Crippen LogP contribution is -2.29. The smallest absolute Gasteiger partial charge is 0.316 e. The number of hydrogen-bond donors (Lipinski definition) is 1. The van der Waals surface area contributed by atoms with Crippen LogP contribution >= 0.6 is 0 Å². The first-order valence-corrected chi connectivity index (χ1v) is 4.22. The number of halogens is 3. The molecule has 0 aromatic heterocycles. The maximum absolute atomic E-state index is 12.3. The molecular weight excluding hydrogens is 191 g/mol. The van der Waals surface area contributed by atoms with Crippen LogP contribution in [-0.2, 0) is 0 Å². The van der Waals surface area contributed by atoms with Crippen LogP contribution < -0.4 is 5.73 Å². The molecule has 0 saturated heterocycles. The summed E-state index contributed by atoms with van der Waals surface area (Å²) < 4.78 is 37.0. The summed E-state index contributed by atoms with van der Waals surface area (Å²) in [6.07, 6.45) is -4.38. The third kappa shape index (κ3) is 2.07. The lowest BCUT2D eigenvalue weighted by atomic mass is 9.98. The largest absolute Gasteiger partial charge is 0.407 e. The average molecular weight is 203 g/mol. The molecule has 0 bridgehead atoms. The third-order valence-electron chi connectivity index (χ3n) is 2.33. The first-order valence-electron chi connectivity index (χ1n) is 4.22. The van der Waals surface area contributed by atoms with Crippen molar-refractivity contribution in [3.05, 3.63) is 34.9 Å². The molecule has 0 radical (unpaired) electrons.